The lowest BCUT2D eigenvalue weighted by atomic mass is 10.1. The Bertz CT molecular complexity index is 1310. The van der Waals surface area contributed by atoms with Crippen molar-refractivity contribution in [1.29, 1.82) is 0 Å². The molecule has 0 saturated carbocycles. The Hall–Kier alpha value is -3.72. The van der Waals surface area contributed by atoms with Crippen molar-refractivity contribution in [2.24, 2.45) is 0 Å². The first-order chi connectivity index (χ1) is 16.7. The summed E-state index contributed by atoms with van der Waals surface area (Å²) >= 11 is 1.55. The molecule has 1 atom stereocenters. The number of unbranched alkanes of at least 4 members (excludes halogenated alkanes) is 1. The second kappa shape index (κ2) is 9.64. The van der Waals surface area contributed by atoms with Crippen LogP contribution in [0.25, 0.3) is 22.5 Å². The van der Waals surface area contributed by atoms with E-state index in [2.05, 4.69) is 27.3 Å². The van der Waals surface area contributed by atoms with Crippen molar-refractivity contribution in [3.05, 3.63) is 66.4 Å². The Kier molecular flexibility index (Phi) is 6.27. The number of amides is 1. The largest absolute Gasteiger partial charge is 0.447 e. The quantitative estimate of drug-likeness (QED) is 0.302. The van der Waals surface area contributed by atoms with Gasteiger partial charge in [0.25, 0.3) is 0 Å². The Labute approximate surface area is 201 Å². The van der Waals surface area contributed by atoms with E-state index in [-0.39, 0.29) is 5.91 Å². The molecule has 2 aromatic heterocycles. The summed E-state index contributed by atoms with van der Waals surface area (Å²) in [7, 11) is 0. The minimum absolute atomic E-state index is 0.170. The van der Waals surface area contributed by atoms with Crippen molar-refractivity contribution in [2.75, 3.05) is 10.7 Å². The van der Waals surface area contributed by atoms with E-state index >= 15 is 0 Å². The number of rotatable bonds is 6. The van der Waals surface area contributed by atoms with Gasteiger partial charge in [0, 0.05) is 23.8 Å². The zero-order valence-electron chi connectivity index (χ0n) is 18.9. The van der Waals surface area contributed by atoms with Crippen LogP contribution in [0.4, 0.5) is 5.69 Å². The van der Waals surface area contributed by atoms with E-state index in [9.17, 15) is 4.79 Å². The molecule has 1 aliphatic rings. The second-order valence-electron chi connectivity index (χ2n) is 7.89. The van der Waals surface area contributed by atoms with Crippen molar-refractivity contribution in [3.63, 3.8) is 0 Å². The number of nitrogens with one attached hydrogen (secondary N) is 1. The van der Waals surface area contributed by atoms with Gasteiger partial charge in [-0.25, -0.2) is 0 Å². The number of aromatic nitrogens is 5. The van der Waals surface area contributed by atoms with E-state index in [1.165, 1.54) is 6.92 Å². The van der Waals surface area contributed by atoms with Crippen LogP contribution < -0.4 is 9.64 Å². The van der Waals surface area contributed by atoms with Crippen molar-refractivity contribution in [2.45, 2.75) is 38.1 Å². The van der Waals surface area contributed by atoms with E-state index in [0.717, 1.165) is 41.0 Å². The lowest BCUT2D eigenvalue weighted by Crippen LogP contribution is -2.36. The van der Waals surface area contributed by atoms with Crippen LogP contribution in [0.3, 0.4) is 0 Å². The van der Waals surface area contributed by atoms with Gasteiger partial charge in [-0.2, -0.15) is 10.1 Å². The predicted octanol–water partition coefficient (Wildman–Crippen LogP) is 5.27. The molecule has 0 bridgehead atoms. The molecule has 5 rings (SSSR count). The number of carbonyl (C=O) groups is 1. The number of nitrogens with zero attached hydrogens (tertiary/aromatic N) is 5. The van der Waals surface area contributed by atoms with Gasteiger partial charge < -0.3 is 4.74 Å². The van der Waals surface area contributed by atoms with Gasteiger partial charge in [0.15, 0.2) is 5.69 Å². The summed E-state index contributed by atoms with van der Waals surface area (Å²) in [5.74, 6) is 1.07. The maximum atomic E-state index is 13.0. The summed E-state index contributed by atoms with van der Waals surface area (Å²) in [4.78, 5) is 19.3. The minimum atomic E-state index is -0.793. The highest BCUT2D eigenvalue weighted by Crippen LogP contribution is 2.44. The lowest BCUT2D eigenvalue weighted by Gasteiger charge is -2.29. The fraction of sp³-hybridized carbons (Fsp3) is 0.240. The Balaban J connectivity index is 1.66. The van der Waals surface area contributed by atoms with Crippen LogP contribution in [0, 0.1) is 0 Å². The SMILES string of the molecule is CCCCSc1nnc2c(n1)O[C@H](c1cn[nH]c1-c1ccccc1)N(C(C)=O)c1ccccc1-2. The lowest BCUT2D eigenvalue weighted by molar-refractivity contribution is -0.118. The van der Waals surface area contributed by atoms with E-state index in [1.54, 1.807) is 22.9 Å². The highest BCUT2D eigenvalue weighted by atomic mass is 32.2. The third-order valence-corrected chi connectivity index (χ3v) is 6.50. The molecule has 1 amide bonds. The van der Waals surface area contributed by atoms with Crippen LogP contribution in [0.1, 0.15) is 38.5 Å². The van der Waals surface area contributed by atoms with Crippen LogP contribution in [0.2, 0.25) is 0 Å². The molecule has 0 radical (unpaired) electrons. The van der Waals surface area contributed by atoms with Crippen LogP contribution in [-0.2, 0) is 4.79 Å². The van der Waals surface area contributed by atoms with Gasteiger partial charge in [0.2, 0.25) is 23.2 Å². The highest BCUT2D eigenvalue weighted by molar-refractivity contribution is 7.99. The molecule has 1 N–H and O–H groups in total. The van der Waals surface area contributed by atoms with Crippen molar-refractivity contribution < 1.29 is 9.53 Å². The molecule has 34 heavy (non-hydrogen) atoms. The maximum absolute atomic E-state index is 13.0. The topological polar surface area (TPSA) is 96.9 Å². The monoisotopic (exact) mass is 472 g/mol. The molecule has 0 fully saturated rings. The molecule has 3 heterocycles. The highest BCUT2D eigenvalue weighted by Gasteiger charge is 2.36. The third kappa shape index (κ3) is 4.14. The molecule has 0 saturated heterocycles. The maximum Gasteiger partial charge on any atom is 0.247 e. The minimum Gasteiger partial charge on any atom is -0.447 e. The first kappa shape index (κ1) is 22.1. The number of ether oxygens (including phenoxy) is 1. The Morgan fingerprint density at radius 3 is 2.71 bits per heavy atom. The molecule has 4 aromatic rings. The van der Waals surface area contributed by atoms with Gasteiger partial charge in [-0.05, 0) is 12.5 Å². The Morgan fingerprint density at radius 1 is 1.12 bits per heavy atom. The third-order valence-electron chi connectivity index (χ3n) is 5.58. The average molecular weight is 473 g/mol. The van der Waals surface area contributed by atoms with Gasteiger partial charge in [0.05, 0.1) is 23.1 Å². The van der Waals surface area contributed by atoms with Crippen molar-refractivity contribution >= 4 is 23.4 Å². The molecule has 9 heteroatoms. The Morgan fingerprint density at radius 2 is 1.91 bits per heavy atom. The van der Waals surface area contributed by atoms with Gasteiger partial charge in [-0.1, -0.05) is 73.6 Å². The normalized spacial score (nSPS) is 14.6. The zero-order chi connectivity index (χ0) is 23.5. The number of carbonyl (C=O) groups excluding carboxylic acids is 1. The second-order valence-corrected chi connectivity index (χ2v) is 8.95. The molecule has 0 unspecified atom stereocenters. The van der Waals surface area contributed by atoms with E-state index in [0.29, 0.717) is 22.4 Å². The van der Waals surface area contributed by atoms with Crippen LogP contribution in [0.15, 0.2) is 66.0 Å². The molecule has 0 spiro atoms. The number of hydrogen-bond donors (Lipinski definition) is 1. The molecular formula is C25H24N6O2S. The van der Waals surface area contributed by atoms with Crippen LogP contribution in [0.5, 0.6) is 5.88 Å². The standard InChI is InChI=1S/C25H24N6O2S/c1-3-4-14-34-25-27-23-22(29-30-25)18-12-8-9-13-20(18)31(16(2)32)24(33-23)19-15-26-28-21(19)17-10-6-5-7-11-17/h5-13,15,24H,3-4,14H2,1-2H3,(H,26,28)/t24-/m1/s1. The molecule has 8 nitrogen and oxygen atoms in total. The van der Waals surface area contributed by atoms with Crippen LogP contribution in [-0.4, -0.2) is 37.0 Å². The molecule has 2 aromatic carbocycles. The average Bonchev–Trinajstić information content (AvgIpc) is 3.29. The zero-order valence-corrected chi connectivity index (χ0v) is 19.7. The predicted molar refractivity (Wildman–Crippen MR) is 131 cm³/mol. The first-order valence-electron chi connectivity index (χ1n) is 11.2. The molecule has 1 aliphatic heterocycles. The van der Waals surface area contributed by atoms with Gasteiger partial charge in [-0.3, -0.25) is 14.8 Å². The number of hydrogen-bond acceptors (Lipinski definition) is 7. The van der Waals surface area contributed by atoms with Crippen LogP contribution >= 0.6 is 11.8 Å². The first-order valence-corrected chi connectivity index (χ1v) is 12.2. The summed E-state index contributed by atoms with van der Waals surface area (Å²) < 4.78 is 6.49. The molecule has 172 valence electrons. The number of thioether (sulfide) groups is 1. The van der Waals surface area contributed by atoms with E-state index < -0.39 is 6.23 Å². The number of H-pyrrole nitrogens is 1. The molecule has 0 aliphatic carbocycles. The summed E-state index contributed by atoms with van der Waals surface area (Å²) in [5.41, 5.74) is 4.37. The summed E-state index contributed by atoms with van der Waals surface area (Å²) in [6.45, 7) is 3.67. The summed E-state index contributed by atoms with van der Waals surface area (Å²) in [5, 5.41) is 16.7. The summed E-state index contributed by atoms with van der Waals surface area (Å²) in [6, 6.07) is 17.4. The fourth-order valence-corrected chi connectivity index (χ4v) is 4.80. The fourth-order valence-electron chi connectivity index (χ4n) is 3.94. The number of benzene rings is 2. The molecular weight excluding hydrogens is 448 g/mol. The van der Waals surface area contributed by atoms with Gasteiger partial charge in [0.1, 0.15) is 0 Å². The van der Waals surface area contributed by atoms with E-state index in [1.807, 2.05) is 54.6 Å². The number of fused-ring (bicyclic) bond motifs is 3. The van der Waals surface area contributed by atoms with Gasteiger partial charge in [-0.15, -0.1) is 10.2 Å². The number of anilines is 1. The number of para-hydroxylation sites is 1. The van der Waals surface area contributed by atoms with E-state index in [4.69, 9.17) is 9.72 Å². The number of aromatic amines is 1. The van der Waals surface area contributed by atoms with Crippen molar-refractivity contribution in [1.82, 2.24) is 25.4 Å². The smallest absolute Gasteiger partial charge is 0.247 e. The summed E-state index contributed by atoms with van der Waals surface area (Å²) in [6.07, 6.45) is 3.06. The van der Waals surface area contributed by atoms with Crippen molar-refractivity contribution in [3.8, 4) is 28.4 Å². The van der Waals surface area contributed by atoms with Gasteiger partial charge >= 0.3 is 0 Å².